The van der Waals surface area contributed by atoms with Crippen LogP contribution in [0.5, 0.6) is 0 Å². The normalized spacial score (nSPS) is 15.2. The fourth-order valence-electron chi connectivity index (χ4n) is 2.90. The lowest BCUT2D eigenvalue weighted by Crippen LogP contribution is -2.29. The van der Waals surface area contributed by atoms with Crippen molar-refractivity contribution in [1.29, 1.82) is 0 Å². The number of rotatable bonds is 6. The molecule has 2 rings (SSSR count). The highest BCUT2D eigenvalue weighted by Gasteiger charge is 2.48. The average molecular weight is 446 g/mol. The van der Waals surface area contributed by atoms with Crippen LogP contribution in [-0.2, 0) is 9.84 Å². The predicted molar refractivity (Wildman–Crippen MR) is 88.5 cm³/mol. The molecule has 0 spiro atoms. The molecule has 0 aliphatic rings. The highest BCUT2D eigenvalue weighted by molar-refractivity contribution is 7.91. The first-order valence-corrected chi connectivity index (χ1v) is 9.68. The molecule has 2 atom stereocenters. The van der Waals surface area contributed by atoms with Crippen LogP contribution in [0.4, 0.5) is 35.1 Å². The van der Waals surface area contributed by atoms with Gasteiger partial charge in [0.15, 0.2) is 9.84 Å². The van der Waals surface area contributed by atoms with E-state index in [0.29, 0.717) is 12.1 Å². The summed E-state index contributed by atoms with van der Waals surface area (Å²) >= 11 is 0. The van der Waals surface area contributed by atoms with E-state index in [-0.39, 0.29) is 0 Å². The molecule has 160 valence electrons. The Morgan fingerprint density at radius 1 is 0.655 bits per heavy atom. The average Bonchev–Trinajstić information content (AvgIpc) is 2.57. The zero-order chi connectivity index (χ0) is 22.0. The third-order valence-electron chi connectivity index (χ3n) is 4.13. The second-order valence-corrected chi connectivity index (χ2v) is 8.56. The van der Waals surface area contributed by atoms with Gasteiger partial charge in [0.25, 0.3) is 0 Å². The maximum absolute atomic E-state index is 14.1. The van der Waals surface area contributed by atoms with Gasteiger partial charge < -0.3 is 0 Å². The van der Waals surface area contributed by atoms with Crippen molar-refractivity contribution in [2.45, 2.75) is 35.7 Å². The van der Waals surface area contributed by atoms with Gasteiger partial charge in [0.1, 0.15) is 11.6 Å². The Balaban J connectivity index is 2.70. The third kappa shape index (κ3) is 5.91. The van der Waals surface area contributed by atoms with Gasteiger partial charge in [0, 0.05) is 11.1 Å². The van der Waals surface area contributed by atoms with Gasteiger partial charge in [-0.3, -0.25) is 0 Å². The van der Waals surface area contributed by atoms with E-state index in [4.69, 9.17) is 0 Å². The molecule has 0 bridgehead atoms. The number of alkyl halides is 6. The van der Waals surface area contributed by atoms with Crippen molar-refractivity contribution >= 4 is 9.84 Å². The van der Waals surface area contributed by atoms with Crippen LogP contribution in [0.1, 0.15) is 34.5 Å². The van der Waals surface area contributed by atoms with Gasteiger partial charge in [-0.1, -0.05) is 36.4 Å². The molecule has 29 heavy (non-hydrogen) atoms. The van der Waals surface area contributed by atoms with E-state index in [1.54, 1.807) is 0 Å². The van der Waals surface area contributed by atoms with Gasteiger partial charge in [0.05, 0.1) is 23.3 Å². The molecule has 2 aromatic rings. The standard InChI is InChI=1S/C18H14F8O2S/c19-13-7-3-1-5-11(13)15(9-17(21,22)23)29(27,28)16(10-18(24,25)26)12-6-2-4-8-14(12)20/h1-8,15-16H,9-10H2. The number of hydrogen-bond donors (Lipinski definition) is 0. The summed E-state index contributed by atoms with van der Waals surface area (Å²) in [7, 11) is -5.40. The molecule has 0 heterocycles. The molecule has 0 aliphatic heterocycles. The molecular formula is C18H14F8O2S. The Morgan fingerprint density at radius 3 is 1.24 bits per heavy atom. The highest BCUT2D eigenvalue weighted by Crippen LogP contribution is 2.46. The van der Waals surface area contributed by atoms with E-state index in [1.807, 2.05) is 0 Å². The molecule has 0 saturated carbocycles. The van der Waals surface area contributed by atoms with Crippen LogP contribution in [0, 0.1) is 11.6 Å². The van der Waals surface area contributed by atoms with Crippen molar-refractivity contribution in [2.24, 2.45) is 0 Å². The maximum Gasteiger partial charge on any atom is 0.390 e. The Kier molecular flexibility index (Phi) is 6.61. The number of benzene rings is 2. The molecule has 11 heteroatoms. The van der Waals surface area contributed by atoms with Crippen LogP contribution in [0.2, 0.25) is 0 Å². The zero-order valence-corrected chi connectivity index (χ0v) is 15.3. The summed E-state index contributed by atoms with van der Waals surface area (Å²) in [5.74, 6) is -2.66. The van der Waals surface area contributed by atoms with Gasteiger partial charge in [-0.15, -0.1) is 0 Å². The van der Waals surface area contributed by atoms with Crippen molar-refractivity contribution in [3.8, 4) is 0 Å². The minimum atomic E-state index is -5.40. The molecule has 2 aromatic carbocycles. The SMILES string of the molecule is O=S(=O)(C(CC(F)(F)F)c1ccccc1F)C(CC(F)(F)F)c1ccccc1F. The molecular weight excluding hydrogens is 432 g/mol. The summed E-state index contributed by atoms with van der Waals surface area (Å²) in [6.45, 7) is 0. The monoisotopic (exact) mass is 446 g/mol. The second-order valence-electron chi connectivity index (χ2n) is 6.25. The van der Waals surface area contributed by atoms with Crippen molar-refractivity contribution in [1.82, 2.24) is 0 Å². The van der Waals surface area contributed by atoms with Gasteiger partial charge in [-0.05, 0) is 12.1 Å². The molecule has 0 radical (unpaired) electrons. The molecule has 0 aromatic heterocycles. The van der Waals surface area contributed by atoms with Crippen LogP contribution in [0.3, 0.4) is 0 Å². The second kappa shape index (κ2) is 8.29. The van der Waals surface area contributed by atoms with Gasteiger partial charge >= 0.3 is 12.4 Å². The summed E-state index contributed by atoms with van der Waals surface area (Å²) in [5, 5.41) is -5.37. The molecule has 0 saturated heterocycles. The van der Waals surface area contributed by atoms with Crippen molar-refractivity contribution in [3.05, 3.63) is 71.3 Å². The van der Waals surface area contributed by atoms with Crippen molar-refractivity contribution in [2.75, 3.05) is 0 Å². The summed E-state index contributed by atoms with van der Waals surface area (Å²) in [4.78, 5) is 0. The lowest BCUT2D eigenvalue weighted by atomic mass is 10.1. The minimum Gasteiger partial charge on any atom is -0.228 e. The molecule has 2 nitrogen and oxygen atoms in total. The fraction of sp³-hybridized carbons (Fsp3) is 0.333. The fourth-order valence-corrected chi connectivity index (χ4v) is 5.23. The predicted octanol–water partition coefficient (Wildman–Crippen LogP) is 6.07. The Labute approximate surface area is 161 Å². The van der Waals surface area contributed by atoms with E-state index in [1.165, 1.54) is 0 Å². The van der Waals surface area contributed by atoms with E-state index < -0.39 is 68.3 Å². The molecule has 0 fully saturated rings. The topological polar surface area (TPSA) is 34.1 Å². The highest BCUT2D eigenvalue weighted by atomic mass is 32.2. The Bertz CT molecular complexity index is 879. The van der Waals surface area contributed by atoms with Crippen LogP contribution in [-0.4, -0.2) is 20.8 Å². The van der Waals surface area contributed by atoms with Crippen molar-refractivity contribution in [3.63, 3.8) is 0 Å². The lowest BCUT2D eigenvalue weighted by molar-refractivity contribution is -0.136. The van der Waals surface area contributed by atoms with Crippen LogP contribution >= 0.6 is 0 Å². The Hall–Kier alpha value is -2.17. The van der Waals surface area contributed by atoms with Crippen LogP contribution < -0.4 is 0 Å². The lowest BCUT2D eigenvalue weighted by Gasteiger charge is -2.27. The van der Waals surface area contributed by atoms with Gasteiger partial charge in [-0.2, -0.15) is 26.3 Å². The molecule has 0 aliphatic carbocycles. The molecule has 0 N–H and O–H groups in total. The first-order chi connectivity index (χ1) is 13.2. The summed E-state index contributed by atoms with van der Waals surface area (Å²) in [6, 6.07) is 7.15. The van der Waals surface area contributed by atoms with Gasteiger partial charge in [-0.25, -0.2) is 17.2 Å². The maximum atomic E-state index is 14.1. The van der Waals surface area contributed by atoms with Gasteiger partial charge in [0.2, 0.25) is 0 Å². The quantitative estimate of drug-likeness (QED) is 0.505. The minimum absolute atomic E-state index is 0.691. The largest absolute Gasteiger partial charge is 0.390 e. The van der Waals surface area contributed by atoms with Crippen LogP contribution in [0.15, 0.2) is 48.5 Å². The molecule has 0 amide bonds. The first kappa shape index (κ1) is 23.1. The zero-order valence-electron chi connectivity index (χ0n) is 14.4. The smallest absolute Gasteiger partial charge is 0.228 e. The Morgan fingerprint density at radius 2 is 0.966 bits per heavy atom. The number of sulfone groups is 1. The van der Waals surface area contributed by atoms with E-state index >= 15 is 0 Å². The first-order valence-electron chi connectivity index (χ1n) is 8.07. The summed E-state index contributed by atoms with van der Waals surface area (Å²) in [5.41, 5.74) is -1.87. The van der Waals surface area contributed by atoms with E-state index in [9.17, 15) is 43.5 Å². The van der Waals surface area contributed by atoms with Crippen LogP contribution in [0.25, 0.3) is 0 Å². The van der Waals surface area contributed by atoms with E-state index in [2.05, 4.69) is 0 Å². The number of hydrogen-bond acceptors (Lipinski definition) is 2. The molecule has 2 unspecified atom stereocenters. The third-order valence-corrected chi connectivity index (χ3v) is 6.56. The van der Waals surface area contributed by atoms with E-state index in [0.717, 1.165) is 36.4 Å². The summed E-state index contributed by atoms with van der Waals surface area (Å²) in [6.07, 6.45) is -14.5. The summed E-state index contributed by atoms with van der Waals surface area (Å²) < 4.78 is 132. The van der Waals surface area contributed by atoms with Crippen molar-refractivity contribution < 1.29 is 43.5 Å². The number of halogens is 8.